The van der Waals surface area contributed by atoms with Gasteiger partial charge >= 0.3 is 0 Å². The molecule has 19 nitrogen and oxygen atoms in total. The molecule has 292 valence electrons. The maximum atomic E-state index is 13.9. The largest absolute Gasteiger partial charge is 0.508 e. The predicted molar refractivity (Wildman–Crippen MR) is 175 cm³/mol. The Balaban J connectivity index is 1.23. The molecule has 1 aromatic heterocycles. The van der Waals surface area contributed by atoms with Crippen LogP contribution in [0.15, 0.2) is 45.6 Å². The van der Waals surface area contributed by atoms with E-state index < -0.39 is 116 Å². The highest BCUT2D eigenvalue weighted by Crippen LogP contribution is 2.38. The van der Waals surface area contributed by atoms with E-state index in [4.69, 9.17) is 37.6 Å². The first kappa shape index (κ1) is 39.0. The van der Waals surface area contributed by atoms with Crippen molar-refractivity contribution in [3.05, 3.63) is 46.6 Å². The Morgan fingerprint density at radius 1 is 0.698 bits per heavy atom. The topological polar surface area (TPSA) is 297 Å². The molecule has 0 bridgehead atoms. The molecule has 3 fully saturated rings. The second kappa shape index (κ2) is 15.6. The SMILES string of the molecule is COc1cc(O)c2c(=O)c(OC3OC(CO[C@@H]4O[C@@H](C)[C@H](O)[C@@H](O[C@@H]5O[C@@H](C)[C@H](O)[C@@H](O)[C@H]5O)[C@H]4O)C(O)C(O)C3O)c(-c3ccc(O)cc3)oc2c1. The second-order valence-electron chi connectivity index (χ2n) is 13.1. The van der Waals surface area contributed by atoms with E-state index in [2.05, 4.69) is 0 Å². The number of benzene rings is 2. The minimum atomic E-state index is -1.96. The van der Waals surface area contributed by atoms with Crippen LogP contribution in [0.5, 0.6) is 23.0 Å². The molecule has 4 heterocycles. The van der Waals surface area contributed by atoms with Crippen LogP contribution in [0.1, 0.15) is 13.8 Å². The number of hydrogen-bond acceptors (Lipinski definition) is 19. The predicted octanol–water partition coefficient (Wildman–Crippen LogP) is -2.24. The third-order valence-electron chi connectivity index (χ3n) is 9.48. The molecule has 53 heavy (non-hydrogen) atoms. The highest BCUT2D eigenvalue weighted by molar-refractivity contribution is 5.88. The van der Waals surface area contributed by atoms with Crippen molar-refractivity contribution in [2.24, 2.45) is 0 Å². The summed E-state index contributed by atoms with van der Waals surface area (Å²) in [5, 5.41) is 105. The summed E-state index contributed by atoms with van der Waals surface area (Å²) in [7, 11) is 1.34. The molecule has 5 unspecified atom stereocenters. The van der Waals surface area contributed by atoms with Gasteiger partial charge in [0.2, 0.25) is 17.5 Å². The van der Waals surface area contributed by atoms with Crippen LogP contribution in [-0.4, -0.2) is 157 Å². The Bertz CT molecular complexity index is 1780. The summed E-state index contributed by atoms with van der Waals surface area (Å²) in [6.07, 6.45) is -23.9. The lowest BCUT2D eigenvalue weighted by Gasteiger charge is -2.46. The van der Waals surface area contributed by atoms with Gasteiger partial charge in [-0.05, 0) is 38.1 Å². The van der Waals surface area contributed by atoms with Crippen molar-refractivity contribution in [2.45, 2.75) is 106 Å². The van der Waals surface area contributed by atoms with Gasteiger partial charge in [0.05, 0.1) is 25.9 Å². The van der Waals surface area contributed by atoms with Gasteiger partial charge in [-0.3, -0.25) is 4.79 Å². The van der Waals surface area contributed by atoms with Gasteiger partial charge in [0.1, 0.15) is 89.3 Å². The van der Waals surface area contributed by atoms with E-state index >= 15 is 0 Å². The number of aliphatic hydroxyl groups excluding tert-OH is 8. The van der Waals surface area contributed by atoms with Gasteiger partial charge in [0.25, 0.3) is 0 Å². The van der Waals surface area contributed by atoms with Gasteiger partial charge in [0, 0.05) is 17.7 Å². The highest BCUT2D eigenvalue weighted by Gasteiger charge is 2.51. The molecule has 6 rings (SSSR count). The Hall–Kier alpha value is -3.67. The summed E-state index contributed by atoms with van der Waals surface area (Å²) >= 11 is 0. The van der Waals surface area contributed by atoms with Gasteiger partial charge in [-0.25, -0.2) is 0 Å². The smallest absolute Gasteiger partial charge is 0.239 e. The average Bonchev–Trinajstić information content (AvgIpc) is 3.13. The maximum Gasteiger partial charge on any atom is 0.239 e. The Labute approximate surface area is 300 Å². The quantitative estimate of drug-likeness (QED) is 0.110. The number of methoxy groups -OCH3 is 1. The van der Waals surface area contributed by atoms with Crippen LogP contribution in [0, 0.1) is 0 Å². The van der Waals surface area contributed by atoms with E-state index in [0.29, 0.717) is 0 Å². The van der Waals surface area contributed by atoms with E-state index in [1.807, 2.05) is 0 Å². The lowest BCUT2D eigenvalue weighted by molar-refractivity contribution is -0.358. The fourth-order valence-corrected chi connectivity index (χ4v) is 6.32. The number of aromatic hydroxyl groups is 2. The number of phenols is 2. The lowest BCUT2D eigenvalue weighted by Crippen LogP contribution is -2.64. The van der Waals surface area contributed by atoms with Crippen LogP contribution in [0.25, 0.3) is 22.3 Å². The minimum absolute atomic E-state index is 0.102. The lowest BCUT2D eigenvalue weighted by atomic mass is 9.97. The molecular weight excluding hydrogens is 712 g/mol. The first-order chi connectivity index (χ1) is 25.1. The number of hydrogen-bond donors (Lipinski definition) is 10. The molecule has 19 heteroatoms. The molecule has 3 saturated heterocycles. The number of ether oxygens (including phenoxy) is 7. The number of rotatable bonds is 9. The molecule has 2 aromatic carbocycles. The molecule has 3 aliphatic heterocycles. The van der Waals surface area contributed by atoms with E-state index in [-0.39, 0.29) is 33.8 Å². The monoisotopic (exact) mass is 754 g/mol. The van der Waals surface area contributed by atoms with Gasteiger partial charge in [-0.2, -0.15) is 0 Å². The maximum absolute atomic E-state index is 13.9. The molecule has 0 amide bonds. The van der Waals surface area contributed by atoms with Crippen LogP contribution in [0.3, 0.4) is 0 Å². The van der Waals surface area contributed by atoms with Crippen molar-refractivity contribution in [1.82, 2.24) is 0 Å². The summed E-state index contributed by atoms with van der Waals surface area (Å²) in [4.78, 5) is 13.9. The summed E-state index contributed by atoms with van der Waals surface area (Å²) in [5.41, 5.74) is -0.804. The van der Waals surface area contributed by atoms with Crippen LogP contribution in [0.4, 0.5) is 0 Å². The molecule has 0 spiro atoms. The molecule has 0 saturated carbocycles. The second-order valence-corrected chi connectivity index (χ2v) is 13.1. The van der Waals surface area contributed by atoms with Gasteiger partial charge in [-0.15, -0.1) is 0 Å². The zero-order chi connectivity index (χ0) is 38.5. The van der Waals surface area contributed by atoms with Crippen molar-refractivity contribution in [1.29, 1.82) is 0 Å². The first-order valence-electron chi connectivity index (χ1n) is 16.6. The Kier molecular flexibility index (Phi) is 11.5. The van der Waals surface area contributed by atoms with Crippen molar-refractivity contribution in [2.75, 3.05) is 13.7 Å². The summed E-state index contributed by atoms with van der Waals surface area (Å²) in [6.45, 7) is 2.19. The zero-order valence-corrected chi connectivity index (χ0v) is 28.5. The Morgan fingerprint density at radius 3 is 2.00 bits per heavy atom. The minimum Gasteiger partial charge on any atom is -0.508 e. The molecule has 15 atom stereocenters. The van der Waals surface area contributed by atoms with Crippen molar-refractivity contribution in [3.63, 3.8) is 0 Å². The van der Waals surface area contributed by atoms with E-state index in [9.17, 15) is 55.9 Å². The van der Waals surface area contributed by atoms with Crippen LogP contribution in [0.2, 0.25) is 0 Å². The fourth-order valence-electron chi connectivity index (χ4n) is 6.32. The fraction of sp³-hybridized carbons (Fsp3) is 0.559. The highest BCUT2D eigenvalue weighted by atomic mass is 16.7. The van der Waals surface area contributed by atoms with E-state index in [1.165, 1.54) is 57.4 Å². The summed E-state index contributed by atoms with van der Waals surface area (Å²) < 4.78 is 45.1. The van der Waals surface area contributed by atoms with Crippen molar-refractivity contribution in [3.8, 4) is 34.3 Å². The number of phenolic OH excluding ortho intramolecular Hbond substituents is 2. The molecular formula is C34H42O19. The van der Waals surface area contributed by atoms with Crippen molar-refractivity contribution >= 4 is 11.0 Å². The third kappa shape index (κ3) is 7.54. The Morgan fingerprint density at radius 2 is 1.32 bits per heavy atom. The van der Waals surface area contributed by atoms with Gasteiger partial charge in [0.15, 0.2) is 18.3 Å². The number of fused-ring (bicyclic) bond motifs is 1. The van der Waals surface area contributed by atoms with Gasteiger partial charge < -0.3 is 88.6 Å². The van der Waals surface area contributed by atoms with E-state index in [1.54, 1.807) is 0 Å². The first-order valence-corrected chi connectivity index (χ1v) is 16.6. The van der Waals surface area contributed by atoms with Gasteiger partial charge in [-0.1, -0.05) is 0 Å². The normalized spacial score (nSPS) is 37.8. The molecule has 3 aromatic rings. The molecule has 10 N–H and O–H groups in total. The van der Waals surface area contributed by atoms with E-state index in [0.717, 1.165) is 0 Å². The standard InChI is InChI=1S/C34H42O19/c1-11-20(37)24(41)26(43)33(49-11)52-30-21(38)12(2)48-32(28(30)45)47-10-18-22(39)25(42)27(44)34(51-18)53-31-23(40)19-16(36)8-15(46-3)9-17(19)50-29(31)13-4-6-14(35)7-5-13/h4-9,11-12,18,20-22,24-28,30,32-39,41-45H,10H2,1-3H3/t11-,12-,18?,20-,21-,22?,24+,25?,26+,27?,28+,30+,32+,33-,34?/m0/s1. The van der Waals surface area contributed by atoms with Crippen LogP contribution < -0.4 is 14.9 Å². The third-order valence-corrected chi connectivity index (χ3v) is 9.48. The average molecular weight is 755 g/mol. The molecule has 3 aliphatic rings. The number of aliphatic hydroxyl groups is 8. The van der Waals surface area contributed by atoms with Crippen LogP contribution in [-0.2, 0) is 23.7 Å². The van der Waals surface area contributed by atoms with Crippen molar-refractivity contribution < 1.29 is 88.6 Å². The summed E-state index contributed by atoms with van der Waals surface area (Å²) in [5.74, 6) is -1.27. The molecule has 0 aliphatic carbocycles. The summed E-state index contributed by atoms with van der Waals surface area (Å²) in [6, 6.07) is 7.93. The molecule has 0 radical (unpaired) electrons. The van der Waals surface area contributed by atoms with Crippen LogP contribution >= 0.6 is 0 Å². The zero-order valence-electron chi connectivity index (χ0n) is 28.5.